The zero-order valence-electron chi connectivity index (χ0n) is 12.4. The van der Waals surface area contributed by atoms with E-state index in [4.69, 9.17) is 0 Å². The molecule has 0 unspecified atom stereocenters. The number of halogens is 1. The standard InChI is InChI=1S/C19H17FS/c1-12-4-7-15(8-5-12)16-11-18(20)17(10-13(16)2)19-9-6-14(3)21-19/h4-11H,1-3H3. The Morgan fingerprint density at radius 2 is 1.52 bits per heavy atom. The van der Waals surface area contributed by atoms with E-state index in [1.54, 1.807) is 17.4 Å². The van der Waals surface area contributed by atoms with Crippen molar-refractivity contribution in [1.82, 2.24) is 0 Å². The lowest BCUT2D eigenvalue weighted by molar-refractivity contribution is 0.632. The molecule has 0 aliphatic carbocycles. The largest absolute Gasteiger partial charge is 0.206 e. The lowest BCUT2D eigenvalue weighted by atomic mass is 9.97. The minimum Gasteiger partial charge on any atom is -0.206 e. The number of hydrogen-bond donors (Lipinski definition) is 0. The topological polar surface area (TPSA) is 0 Å². The summed E-state index contributed by atoms with van der Waals surface area (Å²) >= 11 is 1.63. The second-order valence-corrected chi connectivity index (χ2v) is 6.71. The lowest BCUT2D eigenvalue weighted by Crippen LogP contribution is -1.89. The van der Waals surface area contributed by atoms with Crippen molar-refractivity contribution in [2.75, 3.05) is 0 Å². The van der Waals surface area contributed by atoms with Crippen LogP contribution in [-0.4, -0.2) is 0 Å². The summed E-state index contributed by atoms with van der Waals surface area (Å²) in [5, 5.41) is 0. The molecule has 0 N–H and O–H groups in total. The summed E-state index contributed by atoms with van der Waals surface area (Å²) in [6, 6.07) is 15.8. The summed E-state index contributed by atoms with van der Waals surface area (Å²) in [6.07, 6.45) is 0. The zero-order chi connectivity index (χ0) is 15.0. The summed E-state index contributed by atoms with van der Waals surface area (Å²) < 4.78 is 14.5. The molecule has 1 aromatic heterocycles. The van der Waals surface area contributed by atoms with E-state index < -0.39 is 0 Å². The Kier molecular flexibility index (Phi) is 3.64. The van der Waals surface area contributed by atoms with Crippen molar-refractivity contribution in [3.8, 4) is 21.6 Å². The van der Waals surface area contributed by atoms with Crippen LogP contribution in [0, 0.1) is 26.6 Å². The molecule has 1 heterocycles. The molecule has 0 fully saturated rings. The maximum atomic E-state index is 14.5. The van der Waals surface area contributed by atoms with Crippen LogP contribution >= 0.6 is 11.3 Å². The first-order valence-electron chi connectivity index (χ1n) is 6.98. The number of thiophene rings is 1. The van der Waals surface area contributed by atoms with Crippen molar-refractivity contribution < 1.29 is 4.39 Å². The van der Waals surface area contributed by atoms with Crippen molar-refractivity contribution in [1.29, 1.82) is 0 Å². The third-order valence-electron chi connectivity index (χ3n) is 3.68. The average molecular weight is 296 g/mol. The van der Waals surface area contributed by atoms with E-state index in [1.165, 1.54) is 10.4 Å². The van der Waals surface area contributed by atoms with Gasteiger partial charge in [-0.25, -0.2) is 4.39 Å². The van der Waals surface area contributed by atoms with Gasteiger partial charge in [-0.3, -0.25) is 0 Å². The highest BCUT2D eigenvalue weighted by Crippen LogP contribution is 2.34. The monoisotopic (exact) mass is 296 g/mol. The Labute approximate surface area is 128 Å². The Morgan fingerprint density at radius 3 is 2.14 bits per heavy atom. The van der Waals surface area contributed by atoms with E-state index in [0.717, 1.165) is 21.6 Å². The Morgan fingerprint density at radius 1 is 0.810 bits per heavy atom. The van der Waals surface area contributed by atoms with Crippen LogP contribution in [0.4, 0.5) is 4.39 Å². The van der Waals surface area contributed by atoms with E-state index >= 15 is 0 Å². The molecule has 0 bridgehead atoms. The predicted octanol–water partition coefficient (Wildman–Crippen LogP) is 6.15. The molecule has 0 atom stereocenters. The van der Waals surface area contributed by atoms with Crippen molar-refractivity contribution in [2.24, 2.45) is 0 Å². The molecule has 3 rings (SSSR count). The summed E-state index contributed by atoms with van der Waals surface area (Å²) in [5.74, 6) is -0.155. The molecule has 2 heteroatoms. The molecule has 2 aromatic carbocycles. The number of hydrogen-bond acceptors (Lipinski definition) is 1. The van der Waals surface area contributed by atoms with Crippen molar-refractivity contribution in [3.05, 3.63) is 70.4 Å². The lowest BCUT2D eigenvalue weighted by Gasteiger charge is -2.10. The molecular weight excluding hydrogens is 279 g/mol. The Hall–Kier alpha value is -1.93. The van der Waals surface area contributed by atoms with Gasteiger partial charge in [-0.05, 0) is 61.7 Å². The fourth-order valence-electron chi connectivity index (χ4n) is 2.49. The van der Waals surface area contributed by atoms with Gasteiger partial charge in [-0.15, -0.1) is 11.3 Å². The van der Waals surface area contributed by atoms with Crippen molar-refractivity contribution in [3.63, 3.8) is 0 Å². The quantitative estimate of drug-likeness (QED) is 0.532. The molecular formula is C19H17FS. The van der Waals surface area contributed by atoms with Gasteiger partial charge in [0.25, 0.3) is 0 Å². The number of rotatable bonds is 2. The van der Waals surface area contributed by atoms with Crippen LogP contribution in [0.15, 0.2) is 48.5 Å². The summed E-state index contributed by atoms with van der Waals surface area (Å²) in [6.45, 7) is 6.14. The molecule has 0 spiro atoms. The van der Waals surface area contributed by atoms with Gasteiger partial charge in [0.2, 0.25) is 0 Å². The second kappa shape index (κ2) is 5.45. The summed E-state index contributed by atoms with van der Waals surface area (Å²) in [4.78, 5) is 2.19. The average Bonchev–Trinajstić information content (AvgIpc) is 2.88. The molecule has 0 amide bonds. The molecule has 0 saturated heterocycles. The first-order valence-corrected chi connectivity index (χ1v) is 7.80. The van der Waals surface area contributed by atoms with Gasteiger partial charge in [0, 0.05) is 15.3 Å². The summed E-state index contributed by atoms with van der Waals surface area (Å²) in [5.41, 5.74) is 5.03. The zero-order valence-corrected chi connectivity index (χ0v) is 13.2. The fourth-order valence-corrected chi connectivity index (χ4v) is 3.38. The first-order chi connectivity index (χ1) is 10.0. The molecule has 0 nitrogen and oxygen atoms in total. The van der Waals surface area contributed by atoms with Gasteiger partial charge in [-0.2, -0.15) is 0 Å². The van der Waals surface area contributed by atoms with E-state index in [2.05, 4.69) is 19.1 Å². The van der Waals surface area contributed by atoms with Crippen LogP contribution in [0.1, 0.15) is 16.0 Å². The van der Waals surface area contributed by atoms with Crippen LogP contribution in [0.5, 0.6) is 0 Å². The van der Waals surface area contributed by atoms with Crippen LogP contribution in [0.25, 0.3) is 21.6 Å². The van der Waals surface area contributed by atoms with Crippen LogP contribution in [0.3, 0.4) is 0 Å². The second-order valence-electron chi connectivity index (χ2n) is 5.42. The molecule has 0 aliphatic heterocycles. The van der Waals surface area contributed by atoms with Gasteiger partial charge in [0.1, 0.15) is 5.82 Å². The first kappa shape index (κ1) is 14.0. The predicted molar refractivity (Wildman–Crippen MR) is 89.4 cm³/mol. The van der Waals surface area contributed by atoms with E-state index in [9.17, 15) is 4.39 Å². The van der Waals surface area contributed by atoms with Gasteiger partial charge < -0.3 is 0 Å². The van der Waals surface area contributed by atoms with E-state index in [1.807, 2.05) is 44.2 Å². The maximum Gasteiger partial charge on any atom is 0.132 e. The van der Waals surface area contributed by atoms with Gasteiger partial charge in [-0.1, -0.05) is 29.8 Å². The Balaban J connectivity index is 2.09. The molecule has 0 saturated carbocycles. The van der Waals surface area contributed by atoms with E-state index in [-0.39, 0.29) is 5.82 Å². The normalized spacial score (nSPS) is 10.9. The number of benzene rings is 2. The number of aryl methyl sites for hydroxylation is 3. The third-order valence-corrected chi connectivity index (χ3v) is 4.72. The highest BCUT2D eigenvalue weighted by molar-refractivity contribution is 7.15. The summed E-state index contributed by atoms with van der Waals surface area (Å²) in [7, 11) is 0. The third kappa shape index (κ3) is 2.77. The van der Waals surface area contributed by atoms with Crippen molar-refractivity contribution in [2.45, 2.75) is 20.8 Å². The van der Waals surface area contributed by atoms with Gasteiger partial charge in [0.15, 0.2) is 0 Å². The molecule has 0 radical (unpaired) electrons. The van der Waals surface area contributed by atoms with Crippen LogP contribution in [-0.2, 0) is 0 Å². The minimum absolute atomic E-state index is 0.155. The molecule has 106 valence electrons. The van der Waals surface area contributed by atoms with Crippen LogP contribution in [0.2, 0.25) is 0 Å². The fraction of sp³-hybridized carbons (Fsp3) is 0.158. The highest BCUT2D eigenvalue weighted by Gasteiger charge is 2.12. The highest BCUT2D eigenvalue weighted by atomic mass is 32.1. The SMILES string of the molecule is Cc1ccc(-c2cc(F)c(-c3ccc(C)s3)cc2C)cc1. The molecule has 21 heavy (non-hydrogen) atoms. The van der Waals surface area contributed by atoms with Gasteiger partial charge >= 0.3 is 0 Å². The molecule has 0 aliphatic rings. The van der Waals surface area contributed by atoms with Gasteiger partial charge in [0.05, 0.1) is 0 Å². The smallest absolute Gasteiger partial charge is 0.132 e. The van der Waals surface area contributed by atoms with Crippen LogP contribution < -0.4 is 0 Å². The maximum absolute atomic E-state index is 14.5. The molecule has 3 aromatic rings. The van der Waals surface area contributed by atoms with E-state index in [0.29, 0.717) is 5.56 Å². The minimum atomic E-state index is -0.155. The Bertz CT molecular complexity index is 782. The van der Waals surface area contributed by atoms with Crippen molar-refractivity contribution >= 4 is 11.3 Å².